The lowest BCUT2D eigenvalue weighted by Gasteiger charge is -2.34. The van der Waals surface area contributed by atoms with Crippen molar-refractivity contribution in [2.75, 3.05) is 51.3 Å². The minimum atomic E-state index is 0.136. The smallest absolute Gasteiger partial charge is 0.220 e. The predicted molar refractivity (Wildman–Crippen MR) is 120 cm³/mol. The number of nitrogens with one attached hydrogen (secondary N) is 2. The average molecular weight is 417 g/mol. The van der Waals surface area contributed by atoms with Crippen LogP contribution in [0.15, 0.2) is 23.3 Å². The monoisotopic (exact) mass is 416 g/mol. The van der Waals surface area contributed by atoms with Crippen molar-refractivity contribution in [3.8, 4) is 0 Å². The Hall–Kier alpha value is -2.35. The standard InChI is InChI=1S/C22H36N6O2/c1-4-24-22(27-9-6-18(7-10-27)14-21(29)23-3)26-15-19-5-8-25-20(13-19)28-11-12-30-17(2)16-28/h5,8,13,17-18H,4,6-7,9-12,14-16H2,1-3H3,(H,23,29)(H,24,26). The quantitative estimate of drug-likeness (QED) is 0.542. The number of aromatic nitrogens is 1. The SMILES string of the molecule is CCNC(=NCc1ccnc(N2CCOC(C)C2)c1)N1CCC(CC(=O)NC)CC1. The van der Waals surface area contributed by atoms with Gasteiger partial charge in [-0.05, 0) is 50.3 Å². The molecule has 0 spiro atoms. The molecular formula is C22H36N6O2. The third-order valence-corrected chi connectivity index (χ3v) is 5.79. The summed E-state index contributed by atoms with van der Waals surface area (Å²) >= 11 is 0. The molecule has 8 nitrogen and oxygen atoms in total. The number of piperidine rings is 1. The van der Waals surface area contributed by atoms with Gasteiger partial charge in [-0.25, -0.2) is 9.98 Å². The molecule has 2 saturated heterocycles. The molecule has 30 heavy (non-hydrogen) atoms. The number of hydrogen-bond donors (Lipinski definition) is 2. The molecule has 2 N–H and O–H groups in total. The fraction of sp³-hybridized carbons (Fsp3) is 0.682. The topological polar surface area (TPSA) is 82.1 Å². The number of hydrogen-bond acceptors (Lipinski definition) is 5. The van der Waals surface area contributed by atoms with E-state index in [1.165, 1.54) is 0 Å². The Balaban J connectivity index is 1.60. The van der Waals surface area contributed by atoms with Crippen LogP contribution in [0.1, 0.15) is 38.7 Å². The highest BCUT2D eigenvalue weighted by atomic mass is 16.5. The molecule has 0 bridgehead atoms. The van der Waals surface area contributed by atoms with Crippen molar-refractivity contribution in [1.29, 1.82) is 0 Å². The molecule has 8 heteroatoms. The molecule has 2 fully saturated rings. The molecule has 1 atom stereocenters. The second-order valence-corrected chi connectivity index (χ2v) is 8.13. The van der Waals surface area contributed by atoms with E-state index in [4.69, 9.17) is 9.73 Å². The Bertz CT molecular complexity index is 717. The summed E-state index contributed by atoms with van der Waals surface area (Å²) in [6, 6.07) is 4.18. The molecule has 1 unspecified atom stereocenters. The largest absolute Gasteiger partial charge is 0.375 e. The van der Waals surface area contributed by atoms with E-state index in [2.05, 4.69) is 45.3 Å². The molecule has 0 aromatic carbocycles. The van der Waals surface area contributed by atoms with Crippen LogP contribution in [0, 0.1) is 5.92 Å². The summed E-state index contributed by atoms with van der Waals surface area (Å²) in [7, 11) is 1.71. The van der Waals surface area contributed by atoms with Crippen LogP contribution >= 0.6 is 0 Å². The average Bonchev–Trinajstić information content (AvgIpc) is 2.77. The van der Waals surface area contributed by atoms with E-state index >= 15 is 0 Å². The van der Waals surface area contributed by atoms with Gasteiger partial charge in [-0.2, -0.15) is 0 Å². The third-order valence-electron chi connectivity index (χ3n) is 5.79. The number of morpholine rings is 1. The maximum absolute atomic E-state index is 11.6. The molecule has 2 aliphatic heterocycles. The normalized spacial score (nSPS) is 20.9. The molecule has 0 radical (unpaired) electrons. The Morgan fingerprint density at radius 1 is 1.33 bits per heavy atom. The van der Waals surface area contributed by atoms with Crippen LogP contribution in [0.3, 0.4) is 0 Å². The molecule has 2 aliphatic rings. The highest BCUT2D eigenvalue weighted by molar-refractivity contribution is 5.80. The Kier molecular flexibility index (Phi) is 8.30. The number of ether oxygens (including phenoxy) is 1. The maximum Gasteiger partial charge on any atom is 0.220 e. The van der Waals surface area contributed by atoms with Crippen LogP contribution in [-0.2, 0) is 16.1 Å². The number of amides is 1. The summed E-state index contributed by atoms with van der Waals surface area (Å²) in [5.74, 6) is 2.55. The fourth-order valence-electron chi connectivity index (χ4n) is 4.06. The van der Waals surface area contributed by atoms with E-state index in [-0.39, 0.29) is 12.0 Å². The van der Waals surface area contributed by atoms with Gasteiger partial charge in [-0.15, -0.1) is 0 Å². The highest BCUT2D eigenvalue weighted by Gasteiger charge is 2.23. The van der Waals surface area contributed by atoms with Gasteiger partial charge in [-0.1, -0.05) is 0 Å². The maximum atomic E-state index is 11.6. The zero-order valence-electron chi connectivity index (χ0n) is 18.6. The summed E-state index contributed by atoms with van der Waals surface area (Å²) in [4.78, 5) is 25.7. The van der Waals surface area contributed by atoms with E-state index < -0.39 is 0 Å². The van der Waals surface area contributed by atoms with Crippen LogP contribution in [0.2, 0.25) is 0 Å². The van der Waals surface area contributed by atoms with Crippen LogP contribution in [0.25, 0.3) is 0 Å². The first-order valence-corrected chi connectivity index (χ1v) is 11.1. The second-order valence-electron chi connectivity index (χ2n) is 8.13. The number of anilines is 1. The minimum Gasteiger partial charge on any atom is -0.375 e. The number of aliphatic imine (C=N–C) groups is 1. The summed E-state index contributed by atoms with van der Waals surface area (Å²) in [5, 5.41) is 6.16. The second kappa shape index (κ2) is 11.2. The first-order valence-electron chi connectivity index (χ1n) is 11.1. The summed E-state index contributed by atoms with van der Waals surface area (Å²) in [6.45, 7) is 10.00. The molecule has 166 valence electrons. The molecule has 1 aromatic rings. The van der Waals surface area contributed by atoms with E-state index in [1.54, 1.807) is 7.05 Å². The lowest BCUT2D eigenvalue weighted by atomic mass is 9.93. The van der Waals surface area contributed by atoms with E-state index in [0.29, 0.717) is 18.9 Å². The van der Waals surface area contributed by atoms with E-state index in [0.717, 1.165) is 69.5 Å². The van der Waals surface area contributed by atoms with Gasteiger partial charge < -0.3 is 25.2 Å². The molecule has 3 heterocycles. The van der Waals surface area contributed by atoms with Gasteiger partial charge in [0, 0.05) is 52.4 Å². The predicted octanol–water partition coefficient (Wildman–Crippen LogP) is 1.62. The molecule has 1 amide bonds. The number of guanidine groups is 1. The Morgan fingerprint density at radius 2 is 2.13 bits per heavy atom. The number of rotatable bonds is 6. The Morgan fingerprint density at radius 3 is 2.83 bits per heavy atom. The van der Waals surface area contributed by atoms with Crippen molar-refractivity contribution in [1.82, 2.24) is 20.5 Å². The molecule has 3 rings (SSSR count). The molecule has 0 saturated carbocycles. The van der Waals surface area contributed by atoms with Gasteiger partial charge in [0.1, 0.15) is 5.82 Å². The van der Waals surface area contributed by atoms with Gasteiger partial charge >= 0.3 is 0 Å². The van der Waals surface area contributed by atoms with Crippen molar-refractivity contribution < 1.29 is 9.53 Å². The van der Waals surface area contributed by atoms with Crippen molar-refractivity contribution in [3.05, 3.63) is 23.9 Å². The van der Waals surface area contributed by atoms with Crippen molar-refractivity contribution in [2.24, 2.45) is 10.9 Å². The number of carbonyl (C=O) groups excluding carboxylic acids is 1. The Labute approximate surface area is 180 Å². The lowest BCUT2D eigenvalue weighted by molar-refractivity contribution is -0.121. The number of pyridine rings is 1. The molecular weight excluding hydrogens is 380 g/mol. The summed E-state index contributed by atoms with van der Waals surface area (Å²) in [5.41, 5.74) is 1.16. The van der Waals surface area contributed by atoms with Crippen molar-refractivity contribution in [2.45, 2.75) is 45.8 Å². The third kappa shape index (κ3) is 6.32. The van der Waals surface area contributed by atoms with Gasteiger partial charge in [0.2, 0.25) is 5.91 Å². The lowest BCUT2D eigenvalue weighted by Crippen LogP contribution is -2.46. The number of nitrogens with zero attached hydrogens (tertiary/aromatic N) is 4. The summed E-state index contributed by atoms with van der Waals surface area (Å²) < 4.78 is 5.64. The van der Waals surface area contributed by atoms with Crippen LogP contribution < -0.4 is 15.5 Å². The summed E-state index contributed by atoms with van der Waals surface area (Å²) in [6.07, 6.45) is 4.77. The number of likely N-dealkylation sites (tertiary alicyclic amines) is 1. The van der Waals surface area contributed by atoms with E-state index in [1.807, 2.05) is 12.3 Å². The molecule has 0 aliphatic carbocycles. The van der Waals surface area contributed by atoms with Crippen molar-refractivity contribution in [3.63, 3.8) is 0 Å². The van der Waals surface area contributed by atoms with Crippen molar-refractivity contribution >= 4 is 17.7 Å². The fourth-order valence-corrected chi connectivity index (χ4v) is 4.06. The van der Waals surface area contributed by atoms with Crippen LogP contribution in [-0.4, -0.2) is 74.2 Å². The van der Waals surface area contributed by atoms with Gasteiger partial charge in [0.15, 0.2) is 5.96 Å². The highest BCUT2D eigenvalue weighted by Crippen LogP contribution is 2.21. The van der Waals surface area contributed by atoms with Crippen LogP contribution in [0.4, 0.5) is 5.82 Å². The zero-order chi connectivity index (χ0) is 21.3. The zero-order valence-corrected chi connectivity index (χ0v) is 18.6. The van der Waals surface area contributed by atoms with Gasteiger partial charge in [0.25, 0.3) is 0 Å². The minimum absolute atomic E-state index is 0.136. The van der Waals surface area contributed by atoms with Gasteiger partial charge in [-0.3, -0.25) is 4.79 Å². The number of carbonyl (C=O) groups is 1. The van der Waals surface area contributed by atoms with Gasteiger partial charge in [0.05, 0.1) is 19.3 Å². The molecule has 1 aromatic heterocycles. The van der Waals surface area contributed by atoms with Crippen LogP contribution in [0.5, 0.6) is 0 Å². The first-order chi connectivity index (χ1) is 14.6. The van der Waals surface area contributed by atoms with E-state index in [9.17, 15) is 4.79 Å². The first kappa shape index (κ1) is 22.3.